The second-order valence-corrected chi connectivity index (χ2v) is 4.52. The first-order valence-electron chi connectivity index (χ1n) is 5.75. The Morgan fingerprint density at radius 1 is 1.60 bits per heavy atom. The normalized spacial score (nSPS) is 22.3. The number of aliphatic hydroxyl groups is 1. The van der Waals surface area contributed by atoms with E-state index in [1.807, 2.05) is 0 Å². The second-order valence-electron chi connectivity index (χ2n) is 4.52. The van der Waals surface area contributed by atoms with Crippen LogP contribution in [0.5, 0.6) is 0 Å². The van der Waals surface area contributed by atoms with Crippen molar-refractivity contribution in [2.75, 3.05) is 26.2 Å². The molecule has 4 heteroatoms. The van der Waals surface area contributed by atoms with Gasteiger partial charge >= 0.3 is 0 Å². The van der Waals surface area contributed by atoms with Crippen molar-refractivity contribution in [1.82, 2.24) is 10.2 Å². The lowest BCUT2D eigenvalue weighted by atomic mass is 10.1. The molecule has 15 heavy (non-hydrogen) atoms. The van der Waals surface area contributed by atoms with Crippen molar-refractivity contribution >= 4 is 5.91 Å². The number of rotatable bonds is 5. The van der Waals surface area contributed by atoms with Crippen molar-refractivity contribution in [3.8, 4) is 0 Å². The molecule has 0 aromatic heterocycles. The summed E-state index contributed by atoms with van der Waals surface area (Å²) in [7, 11) is 0. The van der Waals surface area contributed by atoms with Crippen LogP contribution in [0.15, 0.2) is 0 Å². The van der Waals surface area contributed by atoms with Crippen molar-refractivity contribution in [3.63, 3.8) is 0 Å². The van der Waals surface area contributed by atoms with Crippen LogP contribution in [-0.2, 0) is 4.79 Å². The SMILES string of the molecule is CC(C)N1CC[C@@H](CNC(=O)CCO)C1. The zero-order chi connectivity index (χ0) is 11.3. The van der Waals surface area contributed by atoms with E-state index in [2.05, 4.69) is 24.1 Å². The lowest BCUT2D eigenvalue weighted by molar-refractivity contribution is -0.121. The lowest BCUT2D eigenvalue weighted by Crippen LogP contribution is -2.33. The third-order valence-electron chi connectivity index (χ3n) is 2.97. The molecule has 2 N–H and O–H groups in total. The number of carbonyl (C=O) groups excluding carboxylic acids is 1. The quantitative estimate of drug-likeness (QED) is 0.688. The molecule has 88 valence electrons. The molecule has 0 bridgehead atoms. The lowest BCUT2D eigenvalue weighted by Gasteiger charge is -2.20. The molecule has 1 fully saturated rings. The molecule has 0 aromatic carbocycles. The van der Waals surface area contributed by atoms with Crippen molar-refractivity contribution in [2.45, 2.75) is 32.7 Å². The van der Waals surface area contributed by atoms with Crippen LogP contribution in [-0.4, -0.2) is 48.2 Å². The molecule has 0 unspecified atom stereocenters. The standard InChI is InChI=1S/C11H22N2O2/c1-9(2)13-5-3-10(8-13)7-12-11(15)4-6-14/h9-10,14H,3-8H2,1-2H3,(H,12,15)/t10-/m0/s1. The molecule has 1 heterocycles. The highest BCUT2D eigenvalue weighted by Gasteiger charge is 2.24. The van der Waals surface area contributed by atoms with Crippen LogP contribution < -0.4 is 5.32 Å². The number of aliphatic hydroxyl groups excluding tert-OH is 1. The van der Waals surface area contributed by atoms with Crippen molar-refractivity contribution < 1.29 is 9.90 Å². The smallest absolute Gasteiger partial charge is 0.222 e. The third-order valence-corrected chi connectivity index (χ3v) is 2.97. The molecule has 1 aliphatic rings. The molecule has 0 radical (unpaired) electrons. The van der Waals surface area contributed by atoms with Gasteiger partial charge in [0.25, 0.3) is 0 Å². The molecule has 1 rings (SSSR count). The number of hydrogen-bond donors (Lipinski definition) is 2. The van der Waals surface area contributed by atoms with E-state index in [9.17, 15) is 4.79 Å². The third kappa shape index (κ3) is 4.18. The highest BCUT2D eigenvalue weighted by atomic mass is 16.3. The summed E-state index contributed by atoms with van der Waals surface area (Å²) in [5.74, 6) is 0.538. The summed E-state index contributed by atoms with van der Waals surface area (Å²) >= 11 is 0. The van der Waals surface area contributed by atoms with Gasteiger partial charge < -0.3 is 15.3 Å². The van der Waals surface area contributed by atoms with Gasteiger partial charge in [0.1, 0.15) is 0 Å². The summed E-state index contributed by atoms with van der Waals surface area (Å²) in [4.78, 5) is 13.6. The zero-order valence-electron chi connectivity index (χ0n) is 9.70. The van der Waals surface area contributed by atoms with Gasteiger partial charge in [-0.1, -0.05) is 0 Å². The van der Waals surface area contributed by atoms with E-state index < -0.39 is 0 Å². The van der Waals surface area contributed by atoms with Gasteiger partial charge in [0, 0.05) is 25.6 Å². The van der Waals surface area contributed by atoms with Gasteiger partial charge in [-0.15, -0.1) is 0 Å². The van der Waals surface area contributed by atoms with E-state index in [1.165, 1.54) is 0 Å². The maximum atomic E-state index is 11.1. The van der Waals surface area contributed by atoms with Gasteiger partial charge in [-0.05, 0) is 32.7 Å². The maximum Gasteiger partial charge on any atom is 0.222 e. The fraction of sp³-hybridized carbons (Fsp3) is 0.909. The number of nitrogens with one attached hydrogen (secondary N) is 1. The highest BCUT2D eigenvalue weighted by molar-refractivity contribution is 5.75. The number of nitrogens with zero attached hydrogens (tertiary/aromatic N) is 1. The predicted molar refractivity (Wildman–Crippen MR) is 59.5 cm³/mol. The van der Waals surface area contributed by atoms with E-state index in [4.69, 9.17) is 5.11 Å². The Morgan fingerprint density at radius 3 is 2.87 bits per heavy atom. The number of carbonyl (C=O) groups is 1. The summed E-state index contributed by atoms with van der Waals surface area (Å²) in [5, 5.41) is 11.4. The van der Waals surface area contributed by atoms with Crippen LogP contribution in [0.1, 0.15) is 26.7 Å². The Morgan fingerprint density at radius 2 is 2.33 bits per heavy atom. The van der Waals surface area contributed by atoms with Crippen LogP contribution in [0.3, 0.4) is 0 Å². The fourth-order valence-corrected chi connectivity index (χ4v) is 1.95. The minimum atomic E-state index is -0.0609. The largest absolute Gasteiger partial charge is 0.396 e. The Labute approximate surface area is 91.6 Å². The van der Waals surface area contributed by atoms with Crippen LogP contribution in [0.4, 0.5) is 0 Å². The average Bonchev–Trinajstić information content (AvgIpc) is 2.63. The van der Waals surface area contributed by atoms with E-state index in [0.717, 1.165) is 26.1 Å². The monoisotopic (exact) mass is 214 g/mol. The van der Waals surface area contributed by atoms with Crippen LogP contribution in [0, 0.1) is 5.92 Å². The van der Waals surface area contributed by atoms with Gasteiger partial charge in [0.05, 0.1) is 6.61 Å². The van der Waals surface area contributed by atoms with Crippen LogP contribution >= 0.6 is 0 Å². The number of hydrogen-bond acceptors (Lipinski definition) is 3. The first-order valence-corrected chi connectivity index (χ1v) is 5.75. The summed E-state index contributed by atoms with van der Waals surface area (Å²) < 4.78 is 0. The molecule has 1 atom stereocenters. The molecule has 4 nitrogen and oxygen atoms in total. The van der Waals surface area contributed by atoms with Crippen LogP contribution in [0.25, 0.3) is 0 Å². The van der Waals surface area contributed by atoms with E-state index in [1.54, 1.807) is 0 Å². The summed E-state index contributed by atoms with van der Waals surface area (Å²) in [5.41, 5.74) is 0. The summed E-state index contributed by atoms with van der Waals surface area (Å²) in [6.07, 6.45) is 1.39. The molecule has 1 aliphatic heterocycles. The molecule has 0 saturated carbocycles. The molecule has 0 aliphatic carbocycles. The van der Waals surface area contributed by atoms with Gasteiger partial charge in [-0.25, -0.2) is 0 Å². The molecule has 1 amide bonds. The van der Waals surface area contributed by atoms with E-state index in [0.29, 0.717) is 12.0 Å². The Kier molecular flexibility index (Phi) is 5.05. The Balaban J connectivity index is 2.16. The van der Waals surface area contributed by atoms with Gasteiger partial charge in [-0.2, -0.15) is 0 Å². The highest BCUT2D eigenvalue weighted by Crippen LogP contribution is 2.17. The minimum Gasteiger partial charge on any atom is -0.396 e. The van der Waals surface area contributed by atoms with Gasteiger partial charge in [-0.3, -0.25) is 4.79 Å². The Hall–Kier alpha value is -0.610. The van der Waals surface area contributed by atoms with Crippen molar-refractivity contribution in [2.24, 2.45) is 5.92 Å². The first kappa shape index (κ1) is 12.5. The summed E-state index contributed by atoms with van der Waals surface area (Å²) in [6, 6.07) is 0.600. The van der Waals surface area contributed by atoms with Crippen molar-refractivity contribution in [3.05, 3.63) is 0 Å². The topological polar surface area (TPSA) is 52.6 Å². The molecule has 0 aromatic rings. The number of likely N-dealkylation sites (tertiary alicyclic amines) is 1. The first-order chi connectivity index (χ1) is 7.13. The number of amides is 1. The van der Waals surface area contributed by atoms with E-state index in [-0.39, 0.29) is 18.9 Å². The predicted octanol–water partition coefficient (Wildman–Crippen LogP) is 0.215. The zero-order valence-corrected chi connectivity index (χ0v) is 9.70. The molecule has 0 spiro atoms. The van der Waals surface area contributed by atoms with Gasteiger partial charge in [0.2, 0.25) is 5.91 Å². The molecular formula is C11H22N2O2. The van der Waals surface area contributed by atoms with E-state index >= 15 is 0 Å². The van der Waals surface area contributed by atoms with Crippen LogP contribution in [0.2, 0.25) is 0 Å². The minimum absolute atomic E-state index is 0.0412. The van der Waals surface area contributed by atoms with Crippen molar-refractivity contribution in [1.29, 1.82) is 0 Å². The summed E-state index contributed by atoms with van der Waals surface area (Å²) in [6.45, 7) is 7.31. The Bertz CT molecular complexity index is 207. The molecule has 1 saturated heterocycles. The fourth-order valence-electron chi connectivity index (χ4n) is 1.95. The maximum absolute atomic E-state index is 11.1. The van der Waals surface area contributed by atoms with Gasteiger partial charge in [0.15, 0.2) is 0 Å². The second kappa shape index (κ2) is 6.08. The average molecular weight is 214 g/mol. The molecular weight excluding hydrogens is 192 g/mol.